The first-order chi connectivity index (χ1) is 9.50. The zero-order valence-corrected chi connectivity index (χ0v) is 12.0. The molecule has 1 N–H and O–H groups in total. The second kappa shape index (κ2) is 6.19. The summed E-state index contributed by atoms with van der Waals surface area (Å²) in [6, 6.07) is 0. The smallest absolute Gasteiger partial charge is 0.353 e. The number of nitrogens with one attached hydrogen (secondary N) is 1. The summed E-state index contributed by atoms with van der Waals surface area (Å²) >= 11 is 0. The van der Waals surface area contributed by atoms with Gasteiger partial charge in [0, 0.05) is 26.1 Å². The summed E-state index contributed by atoms with van der Waals surface area (Å²) in [5.41, 5.74) is 0.390. The molecule has 1 fully saturated rings. The van der Waals surface area contributed by atoms with Gasteiger partial charge < -0.3 is 14.8 Å². The van der Waals surface area contributed by atoms with Crippen molar-refractivity contribution in [2.75, 3.05) is 26.3 Å². The molecule has 1 aromatic heterocycles. The van der Waals surface area contributed by atoms with Crippen LogP contribution in [0.15, 0.2) is 0 Å². The normalized spacial score (nSPS) is 19.3. The Morgan fingerprint density at radius 2 is 2.40 bits per heavy atom. The molecule has 1 aromatic rings. The lowest BCUT2D eigenvalue weighted by Gasteiger charge is -2.23. The van der Waals surface area contributed by atoms with Crippen molar-refractivity contribution in [3.8, 4) is 5.88 Å². The Bertz CT molecular complexity index is 480. The summed E-state index contributed by atoms with van der Waals surface area (Å²) in [4.78, 5) is 10.8. The predicted molar refractivity (Wildman–Crippen MR) is 72.1 cm³/mol. The molecule has 8 nitrogen and oxygen atoms in total. The van der Waals surface area contributed by atoms with E-state index >= 15 is 0 Å². The highest BCUT2D eigenvalue weighted by atomic mass is 16.6. The minimum absolute atomic E-state index is 0.0356. The summed E-state index contributed by atoms with van der Waals surface area (Å²) in [5.74, 6) is 0.152. The first-order valence-corrected chi connectivity index (χ1v) is 6.67. The van der Waals surface area contributed by atoms with E-state index in [0.717, 1.165) is 6.54 Å². The molecule has 0 amide bonds. The number of hydrogen-bond donors (Lipinski definition) is 1. The molecule has 0 aliphatic carbocycles. The van der Waals surface area contributed by atoms with Gasteiger partial charge in [-0.15, -0.1) is 0 Å². The van der Waals surface area contributed by atoms with E-state index < -0.39 is 4.92 Å². The molecular weight excluding hydrogens is 264 g/mol. The summed E-state index contributed by atoms with van der Waals surface area (Å²) in [7, 11) is 1.65. The van der Waals surface area contributed by atoms with Crippen LogP contribution in [0.5, 0.6) is 5.88 Å². The van der Waals surface area contributed by atoms with Gasteiger partial charge in [0.1, 0.15) is 18.4 Å². The molecule has 0 aromatic carbocycles. The average molecular weight is 284 g/mol. The molecule has 0 spiro atoms. The van der Waals surface area contributed by atoms with Crippen molar-refractivity contribution in [1.29, 1.82) is 0 Å². The standard InChI is InChI=1S/C12H20N4O4/c1-8(2)10-11(16(17)18)12(15(3)14-10)20-7-9-6-13-4-5-19-9/h8-9,13H,4-7H2,1-3H3. The average Bonchev–Trinajstić information content (AvgIpc) is 2.75. The van der Waals surface area contributed by atoms with Gasteiger partial charge in [0.15, 0.2) is 0 Å². The molecule has 1 aliphatic heterocycles. The zero-order valence-electron chi connectivity index (χ0n) is 12.0. The fraction of sp³-hybridized carbons (Fsp3) is 0.750. The summed E-state index contributed by atoms with van der Waals surface area (Å²) in [5, 5.41) is 18.6. The third-order valence-corrected chi connectivity index (χ3v) is 3.14. The zero-order chi connectivity index (χ0) is 14.7. The minimum Gasteiger partial charge on any atom is -0.470 e. The molecule has 1 aliphatic rings. The molecule has 2 heterocycles. The second-order valence-electron chi connectivity index (χ2n) is 5.08. The third-order valence-electron chi connectivity index (χ3n) is 3.14. The van der Waals surface area contributed by atoms with Gasteiger partial charge in [0.2, 0.25) is 0 Å². The van der Waals surface area contributed by atoms with Crippen molar-refractivity contribution in [2.24, 2.45) is 7.05 Å². The monoisotopic (exact) mass is 284 g/mol. The number of ether oxygens (including phenoxy) is 2. The predicted octanol–water partition coefficient (Wildman–Crippen LogP) is 0.819. The Kier molecular flexibility index (Phi) is 4.56. The Labute approximate surface area is 117 Å². The molecular formula is C12H20N4O4. The fourth-order valence-electron chi connectivity index (χ4n) is 2.14. The van der Waals surface area contributed by atoms with Gasteiger partial charge in [-0.2, -0.15) is 5.10 Å². The largest absolute Gasteiger partial charge is 0.470 e. The van der Waals surface area contributed by atoms with Gasteiger partial charge in [-0.25, -0.2) is 4.68 Å². The van der Waals surface area contributed by atoms with E-state index in [1.54, 1.807) is 7.05 Å². The van der Waals surface area contributed by atoms with Crippen molar-refractivity contribution in [1.82, 2.24) is 15.1 Å². The lowest BCUT2D eigenvalue weighted by molar-refractivity contribution is -0.386. The van der Waals surface area contributed by atoms with Crippen LogP contribution >= 0.6 is 0 Å². The number of nitrogens with zero attached hydrogens (tertiary/aromatic N) is 3. The molecule has 2 rings (SSSR count). The maximum atomic E-state index is 11.2. The SMILES string of the molecule is CC(C)c1nn(C)c(OCC2CNCCO2)c1[N+](=O)[O-]. The molecule has 0 radical (unpaired) electrons. The highest BCUT2D eigenvalue weighted by molar-refractivity contribution is 5.47. The number of aryl methyl sites for hydroxylation is 1. The van der Waals surface area contributed by atoms with Crippen molar-refractivity contribution in [3.63, 3.8) is 0 Å². The molecule has 1 saturated heterocycles. The Hall–Kier alpha value is -1.67. The fourth-order valence-corrected chi connectivity index (χ4v) is 2.14. The van der Waals surface area contributed by atoms with Crippen LogP contribution in [0.25, 0.3) is 0 Å². The number of rotatable bonds is 5. The molecule has 0 bridgehead atoms. The van der Waals surface area contributed by atoms with Crippen LogP contribution in [0.3, 0.4) is 0 Å². The van der Waals surface area contributed by atoms with Gasteiger partial charge in [0.05, 0.1) is 11.5 Å². The second-order valence-corrected chi connectivity index (χ2v) is 5.08. The van der Waals surface area contributed by atoms with E-state index in [4.69, 9.17) is 9.47 Å². The van der Waals surface area contributed by atoms with Gasteiger partial charge >= 0.3 is 5.69 Å². The van der Waals surface area contributed by atoms with Crippen molar-refractivity contribution in [3.05, 3.63) is 15.8 Å². The topological polar surface area (TPSA) is 91.5 Å². The third kappa shape index (κ3) is 3.07. The highest BCUT2D eigenvalue weighted by Crippen LogP contribution is 2.34. The molecule has 1 atom stereocenters. The molecule has 20 heavy (non-hydrogen) atoms. The molecule has 112 valence electrons. The van der Waals surface area contributed by atoms with Crippen molar-refractivity contribution in [2.45, 2.75) is 25.9 Å². The van der Waals surface area contributed by atoms with Gasteiger partial charge in [-0.3, -0.25) is 10.1 Å². The lowest BCUT2D eigenvalue weighted by atomic mass is 10.1. The Morgan fingerprint density at radius 3 is 2.95 bits per heavy atom. The molecule has 1 unspecified atom stereocenters. The number of nitro groups is 1. The van der Waals surface area contributed by atoms with Crippen LogP contribution in [0, 0.1) is 10.1 Å². The van der Waals surface area contributed by atoms with Crippen LogP contribution in [0.4, 0.5) is 5.69 Å². The molecule has 0 saturated carbocycles. The summed E-state index contributed by atoms with van der Waals surface area (Å²) in [6.07, 6.45) is -0.0965. The van der Waals surface area contributed by atoms with E-state index in [2.05, 4.69) is 10.4 Å². The minimum atomic E-state index is -0.433. The van der Waals surface area contributed by atoms with E-state index in [9.17, 15) is 10.1 Å². The van der Waals surface area contributed by atoms with Crippen LogP contribution in [-0.2, 0) is 11.8 Å². The van der Waals surface area contributed by atoms with Crippen LogP contribution in [0.1, 0.15) is 25.5 Å². The number of morpholine rings is 1. The Balaban J connectivity index is 2.15. The quantitative estimate of drug-likeness (QED) is 0.635. The maximum Gasteiger partial charge on any atom is 0.353 e. The number of hydrogen-bond acceptors (Lipinski definition) is 6. The Morgan fingerprint density at radius 1 is 1.65 bits per heavy atom. The lowest BCUT2D eigenvalue weighted by Crippen LogP contribution is -2.41. The summed E-state index contributed by atoms with van der Waals surface area (Å²) < 4.78 is 12.5. The molecule has 8 heteroatoms. The highest BCUT2D eigenvalue weighted by Gasteiger charge is 2.30. The van der Waals surface area contributed by atoms with E-state index in [0.29, 0.717) is 18.8 Å². The first kappa shape index (κ1) is 14.7. The maximum absolute atomic E-state index is 11.2. The van der Waals surface area contributed by atoms with Crippen molar-refractivity contribution < 1.29 is 14.4 Å². The van der Waals surface area contributed by atoms with Crippen LogP contribution < -0.4 is 10.1 Å². The van der Waals surface area contributed by atoms with E-state index in [-0.39, 0.29) is 30.2 Å². The van der Waals surface area contributed by atoms with Gasteiger partial charge in [-0.05, 0) is 0 Å². The summed E-state index contributed by atoms with van der Waals surface area (Å²) in [6.45, 7) is 6.13. The van der Waals surface area contributed by atoms with Gasteiger partial charge in [-0.1, -0.05) is 13.8 Å². The first-order valence-electron chi connectivity index (χ1n) is 6.67. The number of aromatic nitrogens is 2. The van der Waals surface area contributed by atoms with E-state index in [1.807, 2.05) is 13.8 Å². The van der Waals surface area contributed by atoms with E-state index in [1.165, 1.54) is 4.68 Å². The van der Waals surface area contributed by atoms with Crippen molar-refractivity contribution >= 4 is 5.69 Å². The van der Waals surface area contributed by atoms with Gasteiger partial charge in [0.25, 0.3) is 5.88 Å². The van der Waals surface area contributed by atoms with Crippen LogP contribution in [-0.4, -0.2) is 47.1 Å². The van der Waals surface area contributed by atoms with Crippen LogP contribution in [0.2, 0.25) is 0 Å².